The molecule has 1 amide bonds. The van der Waals surface area contributed by atoms with E-state index in [0.29, 0.717) is 27.7 Å². The van der Waals surface area contributed by atoms with Crippen molar-refractivity contribution >= 4 is 28.9 Å². The highest BCUT2D eigenvalue weighted by atomic mass is 35.5. The number of halogens is 1. The van der Waals surface area contributed by atoms with Gasteiger partial charge in [-0.3, -0.25) is 4.79 Å². The van der Waals surface area contributed by atoms with E-state index in [-0.39, 0.29) is 5.91 Å². The van der Waals surface area contributed by atoms with Crippen LogP contribution in [-0.2, 0) is 0 Å². The summed E-state index contributed by atoms with van der Waals surface area (Å²) in [6, 6.07) is 11.7. The maximum Gasteiger partial charge on any atom is 0.255 e. The molecular weight excluding hydrogens is 264 g/mol. The van der Waals surface area contributed by atoms with Crippen LogP contribution >= 0.6 is 11.6 Å². The first-order valence-corrected chi connectivity index (χ1v) is 5.98. The Morgan fingerprint density at radius 3 is 2.53 bits per heavy atom. The molecule has 0 aromatic heterocycles. The molecule has 0 heterocycles. The Kier molecular flexibility index (Phi) is 3.92. The zero-order valence-corrected chi connectivity index (χ0v) is 11.1. The van der Waals surface area contributed by atoms with Gasteiger partial charge in [0.2, 0.25) is 0 Å². The highest BCUT2D eigenvalue weighted by molar-refractivity contribution is 6.30. The number of nitrogens with one attached hydrogen (secondary N) is 1. The number of methoxy groups -OCH3 is 1. The maximum atomic E-state index is 12.1. The Balaban J connectivity index is 2.20. The zero-order chi connectivity index (χ0) is 13.8. The van der Waals surface area contributed by atoms with Gasteiger partial charge in [0.1, 0.15) is 5.75 Å². The van der Waals surface area contributed by atoms with Gasteiger partial charge < -0.3 is 15.8 Å². The third-order valence-electron chi connectivity index (χ3n) is 2.53. The van der Waals surface area contributed by atoms with Crippen LogP contribution in [0, 0.1) is 0 Å². The van der Waals surface area contributed by atoms with E-state index in [1.54, 1.807) is 42.5 Å². The second-order valence-corrected chi connectivity index (χ2v) is 4.39. The minimum absolute atomic E-state index is 0.257. The lowest BCUT2D eigenvalue weighted by Crippen LogP contribution is -2.12. The number of benzene rings is 2. The fraction of sp³-hybridized carbons (Fsp3) is 0.0714. The first kappa shape index (κ1) is 13.2. The molecule has 0 aliphatic carbocycles. The number of anilines is 2. The summed E-state index contributed by atoms with van der Waals surface area (Å²) in [4.78, 5) is 12.1. The molecule has 0 saturated carbocycles. The number of hydrogen-bond donors (Lipinski definition) is 2. The van der Waals surface area contributed by atoms with Crippen molar-refractivity contribution in [2.45, 2.75) is 0 Å². The summed E-state index contributed by atoms with van der Waals surface area (Å²) in [5, 5.41) is 3.37. The van der Waals surface area contributed by atoms with Gasteiger partial charge in [0.15, 0.2) is 0 Å². The molecule has 3 N–H and O–H groups in total. The van der Waals surface area contributed by atoms with Crippen LogP contribution < -0.4 is 15.8 Å². The molecule has 0 aliphatic heterocycles. The van der Waals surface area contributed by atoms with E-state index in [1.807, 2.05) is 0 Å². The second-order valence-electron chi connectivity index (χ2n) is 3.96. The molecule has 2 aromatic rings. The van der Waals surface area contributed by atoms with Gasteiger partial charge in [-0.15, -0.1) is 0 Å². The third-order valence-corrected chi connectivity index (χ3v) is 2.78. The molecule has 19 heavy (non-hydrogen) atoms. The average Bonchev–Trinajstić information content (AvgIpc) is 2.40. The number of ether oxygens (including phenoxy) is 1. The lowest BCUT2D eigenvalue weighted by Gasteiger charge is -2.08. The van der Waals surface area contributed by atoms with Gasteiger partial charge in [-0.05, 0) is 36.4 Å². The van der Waals surface area contributed by atoms with Crippen molar-refractivity contribution in [1.82, 2.24) is 0 Å². The monoisotopic (exact) mass is 276 g/mol. The summed E-state index contributed by atoms with van der Waals surface area (Å²) >= 11 is 5.78. The van der Waals surface area contributed by atoms with Crippen LogP contribution in [0.15, 0.2) is 42.5 Å². The SMILES string of the molecule is COc1cc(N)cc(C(=O)Nc2ccc(Cl)cc2)c1. The molecule has 0 fully saturated rings. The molecule has 0 radical (unpaired) electrons. The van der Waals surface area contributed by atoms with Crippen molar-refractivity contribution in [2.24, 2.45) is 0 Å². The summed E-state index contributed by atoms with van der Waals surface area (Å²) in [6.45, 7) is 0. The Morgan fingerprint density at radius 1 is 1.21 bits per heavy atom. The van der Waals surface area contributed by atoms with Gasteiger partial charge in [-0.2, -0.15) is 0 Å². The minimum atomic E-state index is -0.257. The number of nitrogen functional groups attached to an aromatic ring is 1. The molecule has 5 heteroatoms. The Labute approximate surface area is 116 Å². The Bertz CT molecular complexity index is 597. The van der Waals surface area contributed by atoms with E-state index in [2.05, 4.69) is 5.32 Å². The van der Waals surface area contributed by atoms with Crippen LogP contribution in [0.4, 0.5) is 11.4 Å². The summed E-state index contributed by atoms with van der Waals surface area (Å²) in [6.07, 6.45) is 0. The number of hydrogen-bond acceptors (Lipinski definition) is 3. The van der Waals surface area contributed by atoms with Crippen LogP contribution in [0.2, 0.25) is 5.02 Å². The van der Waals surface area contributed by atoms with Gasteiger partial charge in [-0.1, -0.05) is 11.6 Å². The smallest absolute Gasteiger partial charge is 0.255 e. The molecule has 2 aromatic carbocycles. The molecule has 0 atom stereocenters. The Hall–Kier alpha value is -2.20. The van der Waals surface area contributed by atoms with Crippen LogP contribution in [0.25, 0.3) is 0 Å². The van der Waals surface area contributed by atoms with Gasteiger partial charge in [-0.25, -0.2) is 0 Å². The molecular formula is C14H13ClN2O2. The molecule has 2 rings (SSSR count). The van der Waals surface area contributed by atoms with Crippen LogP contribution in [0.3, 0.4) is 0 Å². The van der Waals surface area contributed by atoms with Crippen molar-refractivity contribution in [3.8, 4) is 5.75 Å². The predicted molar refractivity (Wildman–Crippen MR) is 76.8 cm³/mol. The number of nitrogens with two attached hydrogens (primary N) is 1. The molecule has 0 aliphatic rings. The van der Waals surface area contributed by atoms with E-state index in [0.717, 1.165) is 0 Å². The second kappa shape index (κ2) is 5.63. The van der Waals surface area contributed by atoms with Gasteiger partial charge in [0.05, 0.1) is 7.11 Å². The van der Waals surface area contributed by atoms with Gasteiger partial charge >= 0.3 is 0 Å². The number of rotatable bonds is 3. The normalized spacial score (nSPS) is 10.0. The van der Waals surface area contributed by atoms with Crippen molar-refractivity contribution < 1.29 is 9.53 Å². The summed E-state index contributed by atoms with van der Waals surface area (Å²) in [5.41, 5.74) is 7.28. The summed E-state index contributed by atoms with van der Waals surface area (Å²) in [7, 11) is 1.52. The molecule has 0 saturated heterocycles. The molecule has 4 nitrogen and oxygen atoms in total. The summed E-state index contributed by atoms with van der Waals surface area (Å²) < 4.78 is 5.07. The number of carbonyl (C=O) groups is 1. The van der Waals surface area contributed by atoms with Crippen molar-refractivity contribution in [3.05, 3.63) is 53.1 Å². The highest BCUT2D eigenvalue weighted by Crippen LogP contribution is 2.20. The largest absolute Gasteiger partial charge is 0.497 e. The highest BCUT2D eigenvalue weighted by Gasteiger charge is 2.08. The zero-order valence-electron chi connectivity index (χ0n) is 10.3. The van der Waals surface area contributed by atoms with Crippen molar-refractivity contribution in [1.29, 1.82) is 0 Å². The van der Waals surface area contributed by atoms with Gasteiger partial charge in [0, 0.05) is 28.0 Å². The van der Waals surface area contributed by atoms with E-state index in [4.69, 9.17) is 22.1 Å². The van der Waals surface area contributed by atoms with Crippen LogP contribution in [0.1, 0.15) is 10.4 Å². The standard InChI is InChI=1S/C14H13ClN2O2/c1-19-13-7-9(6-11(16)8-13)14(18)17-12-4-2-10(15)3-5-12/h2-8H,16H2,1H3,(H,17,18). The van der Waals surface area contributed by atoms with E-state index >= 15 is 0 Å². The van der Waals surface area contributed by atoms with Crippen molar-refractivity contribution in [2.75, 3.05) is 18.2 Å². The topological polar surface area (TPSA) is 64.3 Å². The number of amides is 1. The average molecular weight is 277 g/mol. The van der Waals surface area contributed by atoms with Crippen LogP contribution in [-0.4, -0.2) is 13.0 Å². The maximum absolute atomic E-state index is 12.1. The quantitative estimate of drug-likeness (QED) is 0.846. The first-order valence-electron chi connectivity index (χ1n) is 5.60. The van der Waals surface area contributed by atoms with Crippen molar-refractivity contribution in [3.63, 3.8) is 0 Å². The summed E-state index contributed by atoms with van der Waals surface area (Å²) in [5.74, 6) is 0.286. The minimum Gasteiger partial charge on any atom is -0.497 e. The fourth-order valence-corrected chi connectivity index (χ4v) is 1.73. The molecule has 0 bridgehead atoms. The van der Waals surface area contributed by atoms with Crippen LogP contribution in [0.5, 0.6) is 5.75 Å². The van der Waals surface area contributed by atoms with E-state index < -0.39 is 0 Å². The lowest BCUT2D eigenvalue weighted by atomic mass is 10.1. The fourth-order valence-electron chi connectivity index (χ4n) is 1.61. The predicted octanol–water partition coefficient (Wildman–Crippen LogP) is 3.18. The number of carbonyl (C=O) groups excluding carboxylic acids is 1. The lowest BCUT2D eigenvalue weighted by molar-refractivity contribution is 0.102. The molecule has 98 valence electrons. The van der Waals surface area contributed by atoms with E-state index in [9.17, 15) is 4.79 Å². The Morgan fingerprint density at radius 2 is 1.89 bits per heavy atom. The third kappa shape index (κ3) is 3.39. The van der Waals surface area contributed by atoms with Gasteiger partial charge in [0.25, 0.3) is 5.91 Å². The first-order chi connectivity index (χ1) is 9.08. The molecule has 0 spiro atoms. The van der Waals surface area contributed by atoms with E-state index in [1.165, 1.54) is 7.11 Å². The molecule has 0 unspecified atom stereocenters.